The van der Waals surface area contributed by atoms with Gasteiger partial charge in [0.25, 0.3) is 0 Å². The van der Waals surface area contributed by atoms with Crippen molar-refractivity contribution >= 4 is 0 Å². The molecule has 0 aliphatic heterocycles. The first-order chi connectivity index (χ1) is 2.41. The van der Waals surface area contributed by atoms with Gasteiger partial charge >= 0.3 is 0 Å². The van der Waals surface area contributed by atoms with E-state index in [1.165, 1.54) is 0 Å². The van der Waals surface area contributed by atoms with Crippen LogP contribution in [0.3, 0.4) is 0 Å². The Morgan fingerprint density at radius 3 is 2.40 bits per heavy atom. The van der Waals surface area contributed by atoms with E-state index >= 15 is 0 Å². The molecule has 5 heavy (non-hydrogen) atoms. The van der Waals surface area contributed by atoms with Crippen molar-refractivity contribution in [1.82, 2.24) is 5.73 Å². The largest absolute Gasteiger partial charge is 0.257 e. The summed E-state index contributed by atoms with van der Waals surface area (Å²) < 4.78 is 0. The van der Waals surface area contributed by atoms with Crippen molar-refractivity contribution in [3.05, 3.63) is 0 Å². The predicted octanol–water partition coefficient (Wildman–Crippen LogP) is 0.293. The zero-order valence-corrected chi connectivity index (χ0v) is 2.99. The molecule has 0 bridgehead atoms. The highest BCUT2D eigenvalue weighted by Crippen LogP contribution is 1.61. The number of terminal acetylenes is 1. The van der Waals surface area contributed by atoms with E-state index in [0.29, 0.717) is 13.0 Å². The summed E-state index contributed by atoms with van der Waals surface area (Å²) in [6.45, 7) is 0.358. The Balaban J connectivity index is 2.48. The normalized spacial score (nSPS) is 6.40. The van der Waals surface area contributed by atoms with Gasteiger partial charge in [0.05, 0.1) is 0 Å². The highest BCUT2D eigenvalue weighted by atomic mass is 14.5. The highest BCUT2D eigenvalue weighted by molar-refractivity contribution is 4.82. The molecule has 0 aromatic rings. The van der Waals surface area contributed by atoms with Gasteiger partial charge in [0.15, 0.2) is 0 Å². The highest BCUT2D eigenvalue weighted by Gasteiger charge is 1.62. The summed E-state index contributed by atoms with van der Waals surface area (Å²) >= 11 is 0. The second-order valence-corrected chi connectivity index (χ2v) is 0.704. The van der Waals surface area contributed by atoms with Crippen LogP contribution >= 0.6 is 0 Å². The summed E-state index contributed by atoms with van der Waals surface area (Å²) in [4.78, 5) is 0. The third-order valence-electron chi connectivity index (χ3n) is 0.269. The van der Waals surface area contributed by atoms with Gasteiger partial charge in [-0.2, -0.15) is 0 Å². The third kappa shape index (κ3) is 3.52. The smallest absolute Gasteiger partial charge is 0.0225 e. The lowest BCUT2D eigenvalue weighted by Gasteiger charge is -1.69. The van der Waals surface area contributed by atoms with Gasteiger partial charge in [-0.25, -0.2) is 0 Å². The maximum Gasteiger partial charge on any atom is 0.0225 e. The molecule has 0 heterocycles. The topological polar surface area (TPSA) is 23.8 Å². The minimum atomic E-state index is 0.358. The van der Waals surface area contributed by atoms with Crippen LogP contribution in [0.25, 0.3) is 0 Å². The molecule has 0 aromatic heterocycles. The van der Waals surface area contributed by atoms with E-state index < -0.39 is 0 Å². The Labute approximate surface area is 32.2 Å². The molecule has 0 unspecified atom stereocenters. The molecule has 0 atom stereocenters. The van der Waals surface area contributed by atoms with Crippen molar-refractivity contribution in [2.24, 2.45) is 0 Å². The SMILES string of the molecule is C#CCC[NH]. The number of hydrogen-bond donors (Lipinski definition) is 0. The molecule has 0 aliphatic carbocycles. The van der Waals surface area contributed by atoms with E-state index in [9.17, 15) is 0 Å². The minimum Gasteiger partial charge on any atom is -0.257 e. The maximum absolute atomic E-state index is 6.46. The second kappa shape index (κ2) is 3.52. The molecule has 0 saturated carbocycles. The van der Waals surface area contributed by atoms with Gasteiger partial charge in [0.1, 0.15) is 0 Å². The lowest BCUT2D eigenvalue weighted by Crippen LogP contribution is -1.76. The maximum atomic E-state index is 6.46. The number of rotatable bonds is 1. The molecule has 0 aromatic carbocycles. The molecule has 0 aliphatic rings. The van der Waals surface area contributed by atoms with Crippen LogP contribution in [0.1, 0.15) is 6.42 Å². The fourth-order valence-corrected chi connectivity index (χ4v) is 0.0722. The minimum absolute atomic E-state index is 0.358. The summed E-state index contributed by atoms with van der Waals surface area (Å²) in [6.07, 6.45) is 5.35. The molecular formula is C4H6N. The van der Waals surface area contributed by atoms with Gasteiger partial charge < -0.3 is 0 Å². The van der Waals surface area contributed by atoms with Gasteiger partial charge in [-0.05, 0) is 0 Å². The van der Waals surface area contributed by atoms with E-state index in [4.69, 9.17) is 12.2 Å². The second-order valence-electron chi connectivity index (χ2n) is 0.704. The van der Waals surface area contributed by atoms with E-state index in [2.05, 4.69) is 5.92 Å². The summed E-state index contributed by atoms with van der Waals surface area (Å²) in [6, 6.07) is 0. The van der Waals surface area contributed by atoms with E-state index in [0.717, 1.165) is 0 Å². The lowest BCUT2D eigenvalue weighted by atomic mass is 10.5. The molecule has 1 N–H and O–H groups in total. The van der Waals surface area contributed by atoms with Crippen LogP contribution in [0.2, 0.25) is 0 Å². The first-order valence-electron chi connectivity index (χ1n) is 1.50. The van der Waals surface area contributed by atoms with Gasteiger partial charge in [0, 0.05) is 13.0 Å². The van der Waals surface area contributed by atoms with Crippen LogP contribution in [0, 0.1) is 12.3 Å². The monoisotopic (exact) mass is 68.1 g/mol. The lowest BCUT2D eigenvalue weighted by molar-refractivity contribution is 0.999. The summed E-state index contributed by atoms with van der Waals surface area (Å²) in [5.74, 6) is 2.33. The molecule has 0 amide bonds. The average molecular weight is 68.1 g/mol. The Morgan fingerprint density at radius 2 is 2.40 bits per heavy atom. The number of nitrogens with one attached hydrogen (secondary N) is 1. The Bertz CT molecular complexity index is 42.1. The molecule has 0 fully saturated rings. The quantitative estimate of drug-likeness (QED) is 0.394. The Morgan fingerprint density at radius 1 is 1.80 bits per heavy atom. The molecule has 1 radical (unpaired) electrons. The van der Waals surface area contributed by atoms with Crippen LogP contribution in [0.4, 0.5) is 0 Å². The Kier molecular flexibility index (Phi) is 3.18. The van der Waals surface area contributed by atoms with Crippen LogP contribution in [-0.2, 0) is 0 Å². The van der Waals surface area contributed by atoms with Crippen molar-refractivity contribution in [3.8, 4) is 12.3 Å². The van der Waals surface area contributed by atoms with Crippen molar-refractivity contribution in [2.45, 2.75) is 6.42 Å². The van der Waals surface area contributed by atoms with E-state index in [-0.39, 0.29) is 0 Å². The first-order valence-corrected chi connectivity index (χ1v) is 1.50. The van der Waals surface area contributed by atoms with Crippen molar-refractivity contribution < 1.29 is 0 Å². The molecule has 1 nitrogen and oxygen atoms in total. The third-order valence-corrected chi connectivity index (χ3v) is 0.269. The van der Waals surface area contributed by atoms with Crippen LogP contribution in [0.15, 0.2) is 0 Å². The van der Waals surface area contributed by atoms with Crippen LogP contribution in [-0.4, -0.2) is 6.54 Å². The molecular weight excluding hydrogens is 62.1 g/mol. The van der Waals surface area contributed by atoms with Crippen LogP contribution in [0.5, 0.6) is 0 Å². The zero-order valence-electron chi connectivity index (χ0n) is 2.99. The van der Waals surface area contributed by atoms with E-state index in [1.807, 2.05) is 0 Å². The zero-order chi connectivity index (χ0) is 4.12. The molecule has 0 rings (SSSR count). The average Bonchev–Trinajstić information content (AvgIpc) is 1.41. The van der Waals surface area contributed by atoms with Crippen molar-refractivity contribution in [1.29, 1.82) is 0 Å². The fraction of sp³-hybridized carbons (Fsp3) is 0.500. The Hall–Kier alpha value is -0.480. The number of hydrogen-bond acceptors (Lipinski definition) is 0. The van der Waals surface area contributed by atoms with Gasteiger partial charge in [-0.3, -0.25) is 5.73 Å². The van der Waals surface area contributed by atoms with Gasteiger partial charge in [-0.1, -0.05) is 0 Å². The molecule has 27 valence electrons. The standard InChI is InChI=1S/C4H6N/c1-2-3-4-5/h1,5H,3-4H2. The summed E-state index contributed by atoms with van der Waals surface area (Å²) in [7, 11) is 0. The summed E-state index contributed by atoms with van der Waals surface area (Å²) in [5.41, 5.74) is 6.46. The summed E-state index contributed by atoms with van der Waals surface area (Å²) in [5, 5.41) is 0. The van der Waals surface area contributed by atoms with E-state index in [1.54, 1.807) is 0 Å². The first kappa shape index (κ1) is 4.52. The molecule has 1 heteroatoms. The van der Waals surface area contributed by atoms with Gasteiger partial charge in [0.2, 0.25) is 0 Å². The van der Waals surface area contributed by atoms with Crippen LogP contribution < -0.4 is 5.73 Å². The van der Waals surface area contributed by atoms with Crippen molar-refractivity contribution in [3.63, 3.8) is 0 Å². The van der Waals surface area contributed by atoms with Crippen molar-refractivity contribution in [2.75, 3.05) is 6.54 Å². The molecule has 0 saturated heterocycles. The van der Waals surface area contributed by atoms with Gasteiger partial charge in [-0.15, -0.1) is 12.3 Å². The predicted molar refractivity (Wildman–Crippen MR) is 21.4 cm³/mol. The molecule has 0 spiro atoms. The fourth-order valence-electron chi connectivity index (χ4n) is 0.0722.